The number of pyridine rings is 1. The summed E-state index contributed by atoms with van der Waals surface area (Å²) in [4.78, 5) is 3.84. The molecule has 0 saturated carbocycles. The molecule has 1 aromatic carbocycles. The number of anilines is 1. The average Bonchev–Trinajstić information content (AvgIpc) is 2.41. The third-order valence-corrected chi connectivity index (χ3v) is 4.64. The van der Waals surface area contributed by atoms with Crippen LogP contribution < -0.4 is 9.46 Å². The van der Waals surface area contributed by atoms with Crippen LogP contribution in [-0.2, 0) is 10.0 Å². The monoisotopic (exact) mass is 376 g/mol. The van der Waals surface area contributed by atoms with E-state index in [4.69, 9.17) is 16.3 Å². The minimum absolute atomic E-state index is 0.00861. The molecule has 0 spiro atoms. The van der Waals surface area contributed by atoms with Gasteiger partial charge < -0.3 is 4.74 Å². The van der Waals surface area contributed by atoms with Crippen molar-refractivity contribution in [3.05, 3.63) is 46.2 Å². The molecule has 1 heterocycles. The minimum atomic E-state index is -3.83. The number of hydrogen-bond acceptors (Lipinski definition) is 4. The van der Waals surface area contributed by atoms with Gasteiger partial charge in [0.2, 0.25) is 0 Å². The number of halogens is 2. The molecule has 0 aliphatic carbocycles. The van der Waals surface area contributed by atoms with Gasteiger partial charge in [-0.2, -0.15) is 0 Å². The van der Waals surface area contributed by atoms with Gasteiger partial charge in [0, 0.05) is 10.7 Å². The third kappa shape index (κ3) is 3.23. The molecule has 1 aromatic heterocycles. The molecule has 0 bridgehead atoms. The maximum absolute atomic E-state index is 12.4. The predicted molar refractivity (Wildman–Crippen MR) is 80.7 cm³/mol. The highest BCUT2D eigenvalue weighted by atomic mass is 79.9. The molecule has 20 heavy (non-hydrogen) atoms. The number of aromatic nitrogens is 1. The zero-order valence-corrected chi connectivity index (χ0v) is 13.5. The Morgan fingerprint density at radius 3 is 2.75 bits per heavy atom. The second kappa shape index (κ2) is 5.99. The van der Waals surface area contributed by atoms with E-state index >= 15 is 0 Å². The van der Waals surface area contributed by atoms with Crippen LogP contribution in [0.15, 0.2) is 46.0 Å². The van der Waals surface area contributed by atoms with Gasteiger partial charge in [-0.3, -0.25) is 9.71 Å². The summed E-state index contributed by atoms with van der Waals surface area (Å²) in [6, 6.07) is 6.20. The van der Waals surface area contributed by atoms with Crippen LogP contribution in [0.1, 0.15) is 0 Å². The first kappa shape index (κ1) is 15.1. The Morgan fingerprint density at radius 2 is 2.10 bits per heavy atom. The van der Waals surface area contributed by atoms with Gasteiger partial charge in [0.1, 0.15) is 10.6 Å². The number of nitrogens with one attached hydrogen (secondary N) is 1. The molecule has 0 aliphatic rings. The molecule has 5 nitrogen and oxygen atoms in total. The fourth-order valence-corrected chi connectivity index (χ4v) is 3.49. The molecule has 0 atom stereocenters. The number of nitrogens with zero attached hydrogens (tertiary/aromatic N) is 1. The Hall–Kier alpha value is -1.31. The van der Waals surface area contributed by atoms with Crippen LogP contribution in [0.2, 0.25) is 5.02 Å². The topological polar surface area (TPSA) is 68.3 Å². The number of methoxy groups -OCH3 is 1. The molecule has 2 rings (SSSR count). The number of rotatable bonds is 4. The second-order valence-corrected chi connectivity index (χ2v) is 6.73. The molecule has 0 radical (unpaired) electrons. The Morgan fingerprint density at radius 1 is 1.35 bits per heavy atom. The van der Waals surface area contributed by atoms with Crippen LogP contribution in [0.25, 0.3) is 0 Å². The molecule has 0 amide bonds. The largest absolute Gasteiger partial charge is 0.495 e. The summed E-state index contributed by atoms with van der Waals surface area (Å²) < 4.78 is 32.8. The fraction of sp³-hybridized carbons (Fsp3) is 0.0833. The van der Waals surface area contributed by atoms with Gasteiger partial charge in [0.25, 0.3) is 10.0 Å². The van der Waals surface area contributed by atoms with Gasteiger partial charge in [0.15, 0.2) is 0 Å². The van der Waals surface area contributed by atoms with Crippen molar-refractivity contribution in [3.63, 3.8) is 0 Å². The van der Waals surface area contributed by atoms with E-state index in [0.717, 1.165) is 0 Å². The van der Waals surface area contributed by atoms with E-state index in [2.05, 4.69) is 25.6 Å². The molecular weight excluding hydrogens is 368 g/mol. The number of sulfonamides is 1. The van der Waals surface area contributed by atoms with Crippen molar-refractivity contribution in [2.75, 3.05) is 11.8 Å². The summed E-state index contributed by atoms with van der Waals surface area (Å²) in [6.07, 6.45) is 2.81. The van der Waals surface area contributed by atoms with Crippen LogP contribution in [0.3, 0.4) is 0 Å². The van der Waals surface area contributed by atoms with E-state index in [1.165, 1.54) is 31.6 Å². The normalized spacial score (nSPS) is 11.2. The maximum atomic E-state index is 12.4. The fourth-order valence-electron chi connectivity index (χ4n) is 1.51. The van der Waals surface area contributed by atoms with Crippen molar-refractivity contribution in [2.24, 2.45) is 0 Å². The molecule has 0 aliphatic heterocycles. The van der Waals surface area contributed by atoms with Crippen molar-refractivity contribution in [1.29, 1.82) is 0 Å². The maximum Gasteiger partial charge on any atom is 0.265 e. The first-order valence-electron chi connectivity index (χ1n) is 5.40. The highest BCUT2D eigenvalue weighted by molar-refractivity contribution is 9.10. The van der Waals surface area contributed by atoms with Crippen molar-refractivity contribution >= 4 is 43.2 Å². The van der Waals surface area contributed by atoms with E-state index in [1.807, 2.05) is 0 Å². The van der Waals surface area contributed by atoms with E-state index < -0.39 is 10.0 Å². The van der Waals surface area contributed by atoms with Crippen molar-refractivity contribution < 1.29 is 13.2 Å². The molecule has 0 fully saturated rings. The Bertz CT molecular complexity index is 737. The molecule has 8 heteroatoms. The van der Waals surface area contributed by atoms with Crippen LogP contribution >= 0.6 is 27.5 Å². The van der Waals surface area contributed by atoms with Crippen LogP contribution in [-0.4, -0.2) is 20.5 Å². The van der Waals surface area contributed by atoms with Gasteiger partial charge in [-0.05, 0) is 24.3 Å². The number of ether oxygens (including phenoxy) is 1. The molecule has 1 N–H and O–H groups in total. The minimum Gasteiger partial charge on any atom is -0.495 e. The van der Waals surface area contributed by atoms with Crippen LogP contribution in [0.4, 0.5) is 5.69 Å². The molecular formula is C12H10BrClN2O3S. The lowest BCUT2D eigenvalue weighted by Gasteiger charge is -2.12. The lowest BCUT2D eigenvalue weighted by atomic mass is 10.3. The summed E-state index contributed by atoms with van der Waals surface area (Å²) in [7, 11) is -2.43. The highest BCUT2D eigenvalue weighted by Crippen LogP contribution is 2.30. The Labute approximate surface area is 130 Å². The van der Waals surface area contributed by atoms with Crippen LogP contribution in [0, 0.1) is 0 Å². The predicted octanol–water partition coefficient (Wildman–Crippen LogP) is 3.31. The van der Waals surface area contributed by atoms with Gasteiger partial charge in [0.05, 0.1) is 24.0 Å². The van der Waals surface area contributed by atoms with Crippen molar-refractivity contribution in [2.45, 2.75) is 4.90 Å². The van der Waals surface area contributed by atoms with E-state index in [0.29, 0.717) is 4.47 Å². The molecule has 106 valence electrons. The van der Waals surface area contributed by atoms with E-state index in [-0.39, 0.29) is 21.4 Å². The van der Waals surface area contributed by atoms with Gasteiger partial charge in [-0.15, -0.1) is 0 Å². The first-order valence-corrected chi connectivity index (χ1v) is 8.05. The Balaban J connectivity index is 2.46. The summed E-state index contributed by atoms with van der Waals surface area (Å²) in [5.74, 6) is 0.237. The lowest BCUT2D eigenvalue weighted by molar-refractivity contribution is 0.403. The number of benzene rings is 1. The zero-order valence-electron chi connectivity index (χ0n) is 10.3. The Kier molecular flexibility index (Phi) is 4.52. The molecule has 0 unspecified atom stereocenters. The average molecular weight is 378 g/mol. The quantitative estimate of drug-likeness (QED) is 0.887. The highest BCUT2D eigenvalue weighted by Gasteiger charge is 2.21. The van der Waals surface area contributed by atoms with Gasteiger partial charge in [-0.25, -0.2) is 8.42 Å². The van der Waals surface area contributed by atoms with Crippen LogP contribution in [0.5, 0.6) is 5.75 Å². The summed E-state index contributed by atoms with van der Waals surface area (Å²) >= 11 is 9.15. The SMILES string of the molecule is COc1ccc(Br)cc1S(=O)(=O)Nc1cnccc1Cl. The summed E-state index contributed by atoms with van der Waals surface area (Å²) in [5.41, 5.74) is 0.205. The third-order valence-electron chi connectivity index (χ3n) is 2.43. The zero-order chi connectivity index (χ0) is 14.8. The summed E-state index contributed by atoms with van der Waals surface area (Å²) in [6.45, 7) is 0. The molecule has 2 aromatic rings. The lowest BCUT2D eigenvalue weighted by Crippen LogP contribution is -2.14. The van der Waals surface area contributed by atoms with Gasteiger partial charge >= 0.3 is 0 Å². The second-order valence-electron chi connectivity index (χ2n) is 3.76. The van der Waals surface area contributed by atoms with E-state index in [1.54, 1.807) is 12.1 Å². The van der Waals surface area contributed by atoms with Crippen molar-refractivity contribution in [3.8, 4) is 5.75 Å². The number of hydrogen-bond donors (Lipinski definition) is 1. The van der Waals surface area contributed by atoms with Gasteiger partial charge in [-0.1, -0.05) is 27.5 Å². The standard InChI is InChI=1S/C12H10BrClN2O3S/c1-19-11-3-2-8(13)6-12(11)20(17,18)16-10-7-15-5-4-9(10)14/h2-7,16H,1H3. The summed E-state index contributed by atoms with van der Waals surface area (Å²) in [5, 5.41) is 0.262. The van der Waals surface area contributed by atoms with Crippen molar-refractivity contribution in [1.82, 2.24) is 4.98 Å². The smallest absolute Gasteiger partial charge is 0.265 e. The first-order chi connectivity index (χ1) is 9.44. The van der Waals surface area contributed by atoms with E-state index in [9.17, 15) is 8.42 Å². The molecule has 0 saturated heterocycles.